The first kappa shape index (κ1) is 25.1. The molecule has 7 nitrogen and oxygen atoms in total. The monoisotopic (exact) mass is 489 g/mol. The predicted molar refractivity (Wildman–Crippen MR) is 134 cm³/mol. The van der Waals surface area contributed by atoms with Crippen molar-refractivity contribution in [3.05, 3.63) is 47.5 Å². The number of methoxy groups -OCH3 is 1. The predicted octanol–water partition coefficient (Wildman–Crippen LogP) is 4.07. The Balaban J connectivity index is 1.85. The summed E-state index contributed by atoms with van der Waals surface area (Å²) in [6.07, 6.45) is 0.639. The summed E-state index contributed by atoms with van der Waals surface area (Å²) in [5, 5.41) is 0.564. The van der Waals surface area contributed by atoms with E-state index in [1.807, 2.05) is 40.1 Å². The van der Waals surface area contributed by atoms with E-state index in [-0.39, 0.29) is 23.0 Å². The molecule has 0 N–H and O–H groups in total. The van der Waals surface area contributed by atoms with Crippen molar-refractivity contribution in [3.63, 3.8) is 0 Å². The molecular weight excluding hydrogens is 458 g/mol. The van der Waals surface area contributed by atoms with Crippen molar-refractivity contribution in [1.82, 2.24) is 9.88 Å². The number of anilines is 1. The fraction of sp³-hybridized carbons (Fsp3) is 0.417. The van der Waals surface area contributed by atoms with Gasteiger partial charge in [-0.15, -0.1) is 0 Å². The Morgan fingerprint density at radius 3 is 2.39 bits per heavy atom. The van der Waals surface area contributed by atoms with Crippen LogP contribution in [0.25, 0.3) is 10.2 Å². The number of rotatable bonds is 10. The Morgan fingerprint density at radius 2 is 1.76 bits per heavy atom. The smallest absolute Gasteiger partial charge is 0.229 e. The van der Waals surface area contributed by atoms with Gasteiger partial charge < -0.3 is 9.64 Å². The molecule has 1 heterocycles. The lowest BCUT2D eigenvalue weighted by Crippen LogP contribution is -2.34. The van der Waals surface area contributed by atoms with Crippen LogP contribution in [-0.2, 0) is 14.6 Å². The van der Waals surface area contributed by atoms with E-state index in [2.05, 4.69) is 4.90 Å². The second-order valence-corrected chi connectivity index (χ2v) is 11.4. The zero-order valence-corrected chi connectivity index (χ0v) is 21.4. The highest BCUT2D eigenvalue weighted by Crippen LogP contribution is 2.36. The minimum absolute atomic E-state index is 0.107. The minimum atomic E-state index is -3.56. The van der Waals surface area contributed by atoms with Gasteiger partial charge in [-0.2, -0.15) is 0 Å². The fourth-order valence-corrected chi connectivity index (χ4v) is 5.80. The van der Waals surface area contributed by atoms with Crippen LogP contribution in [-0.4, -0.2) is 64.3 Å². The summed E-state index contributed by atoms with van der Waals surface area (Å²) < 4.78 is 32.0. The molecule has 3 rings (SSSR count). The van der Waals surface area contributed by atoms with Crippen molar-refractivity contribution in [2.75, 3.05) is 44.9 Å². The first-order valence-corrected chi connectivity index (χ1v) is 13.3. The van der Waals surface area contributed by atoms with Crippen LogP contribution >= 0.6 is 11.3 Å². The van der Waals surface area contributed by atoms with Crippen molar-refractivity contribution in [1.29, 1.82) is 0 Å². The number of carbonyl (C=O) groups excluding carboxylic acids is 1. The molecule has 0 aliphatic carbocycles. The molecule has 1 aromatic heterocycles. The third kappa shape index (κ3) is 6.10. The van der Waals surface area contributed by atoms with Crippen LogP contribution in [0, 0.1) is 13.8 Å². The number of benzene rings is 2. The van der Waals surface area contributed by atoms with Crippen LogP contribution in [0.5, 0.6) is 5.75 Å². The molecule has 2 aromatic carbocycles. The summed E-state index contributed by atoms with van der Waals surface area (Å²) in [6, 6.07) is 10.5. The van der Waals surface area contributed by atoms with Gasteiger partial charge >= 0.3 is 0 Å². The topological polar surface area (TPSA) is 79.8 Å². The Morgan fingerprint density at radius 1 is 1.06 bits per heavy atom. The zero-order chi connectivity index (χ0) is 24.2. The van der Waals surface area contributed by atoms with E-state index in [4.69, 9.17) is 9.72 Å². The molecule has 1 amide bonds. The second-order valence-electron chi connectivity index (χ2n) is 8.34. The van der Waals surface area contributed by atoms with Gasteiger partial charge in [0.2, 0.25) is 5.91 Å². The number of amides is 1. The van der Waals surface area contributed by atoms with Gasteiger partial charge in [-0.3, -0.25) is 9.69 Å². The van der Waals surface area contributed by atoms with Gasteiger partial charge in [-0.25, -0.2) is 13.4 Å². The number of aromatic nitrogens is 1. The zero-order valence-electron chi connectivity index (χ0n) is 19.8. The summed E-state index contributed by atoms with van der Waals surface area (Å²) in [7, 11) is 2.00. The summed E-state index contributed by atoms with van der Waals surface area (Å²) in [4.78, 5) is 21.9. The Labute approximate surface area is 199 Å². The van der Waals surface area contributed by atoms with Crippen LogP contribution < -0.4 is 9.64 Å². The molecule has 0 spiro atoms. The molecule has 0 saturated heterocycles. The molecule has 0 saturated carbocycles. The SMILES string of the molecule is COc1ccc(C)c2sc(N(CCCN(C)C)C(=O)CCS(=O)(=O)c3ccc(C)cc3)nc12. The number of aryl methyl sites for hydroxylation is 2. The fourth-order valence-electron chi connectivity index (χ4n) is 3.47. The third-order valence-electron chi connectivity index (χ3n) is 5.40. The lowest BCUT2D eigenvalue weighted by molar-refractivity contribution is -0.118. The van der Waals surface area contributed by atoms with Crippen molar-refractivity contribution in [3.8, 4) is 5.75 Å². The lowest BCUT2D eigenvalue weighted by atomic mass is 10.2. The molecule has 0 aliphatic heterocycles. The Kier molecular flexibility index (Phi) is 8.10. The maximum absolute atomic E-state index is 13.3. The molecule has 3 aromatic rings. The molecule has 0 aliphatic rings. The van der Waals surface area contributed by atoms with E-state index in [1.54, 1.807) is 36.3 Å². The molecule has 0 fully saturated rings. The number of hydrogen-bond acceptors (Lipinski definition) is 7. The van der Waals surface area contributed by atoms with Gasteiger partial charge in [-0.05, 0) is 64.7 Å². The first-order valence-electron chi connectivity index (χ1n) is 10.8. The van der Waals surface area contributed by atoms with Gasteiger partial charge in [0.25, 0.3) is 0 Å². The first-order chi connectivity index (χ1) is 15.6. The largest absolute Gasteiger partial charge is 0.494 e. The number of hydrogen-bond donors (Lipinski definition) is 0. The van der Waals surface area contributed by atoms with Crippen molar-refractivity contribution in [2.24, 2.45) is 0 Å². The van der Waals surface area contributed by atoms with E-state index in [0.717, 1.165) is 34.3 Å². The molecular formula is C24H31N3O4S2. The highest BCUT2D eigenvalue weighted by Gasteiger charge is 2.24. The summed E-state index contributed by atoms with van der Waals surface area (Å²) >= 11 is 1.43. The molecule has 178 valence electrons. The normalized spacial score (nSPS) is 11.8. The number of thiazole rings is 1. The molecule has 0 unspecified atom stereocenters. The molecule has 0 atom stereocenters. The molecule has 9 heteroatoms. The van der Waals surface area contributed by atoms with Crippen molar-refractivity contribution >= 4 is 42.4 Å². The Bertz CT molecular complexity index is 1220. The van der Waals surface area contributed by atoms with Crippen LogP contribution in [0.2, 0.25) is 0 Å². The average Bonchev–Trinajstić information content (AvgIpc) is 3.21. The van der Waals surface area contributed by atoms with E-state index < -0.39 is 9.84 Å². The second kappa shape index (κ2) is 10.6. The summed E-state index contributed by atoms with van der Waals surface area (Å²) in [5.74, 6) is 0.160. The van der Waals surface area contributed by atoms with Gasteiger partial charge in [0.15, 0.2) is 15.0 Å². The number of carbonyl (C=O) groups is 1. The molecule has 0 radical (unpaired) electrons. The highest BCUT2D eigenvalue weighted by molar-refractivity contribution is 7.91. The quantitative estimate of drug-likeness (QED) is 0.427. The average molecular weight is 490 g/mol. The van der Waals surface area contributed by atoms with Crippen LogP contribution in [0.1, 0.15) is 24.0 Å². The van der Waals surface area contributed by atoms with E-state index in [9.17, 15) is 13.2 Å². The number of nitrogens with zero attached hydrogens (tertiary/aromatic N) is 3. The summed E-state index contributed by atoms with van der Waals surface area (Å²) in [5.41, 5.74) is 2.76. The van der Waals surface area contributed by atoms with Crippen LogP contribution in [0.3, 0.4) is 0 Å². The van der Waals surface area contributed by atoms with Crippen LogP contribution in [0.4, 0.5) is 5.13 Å². The number of sulfone groups is 1. The number of ether oxygens (including phenoxy) is 1. The molecule has 0 bridgehead atoms. The maximum atomic E-state index is 13.3. The van der Waals surface area contributed by atoms with Gasteiger partial charge in [0.05, 0.1) is 22.5 Å². The van der Waals surface area contributed by atoms with Crippen molar-refractivity contribution in [2.45, 2.75) is 31.6 Å². The minimum Gasteiger partial charge on any atom is -0.494 e. The van der Waals surface area contributed by atoms with Gasteiger partial charge in [0, 0.05) is 13.0 Å². The standard InChI is InChI=1S/C24H31N3O4S2/c1-17-7-10-19(11-8-17)33(29,30)16-13-21(28)27(15-6-14-26(3)4)24-25-22-20(31-5)12-9-18(2)23(22)32-24/h7-12H,6,13-16H2,1-5H3. The maximum Gasteiger partial charge on any atom is 0.229 e. The third-order valence-corrected chi connectivity index (χ3v) is 8.34. The summed E-state index contributed by atoms with van der Waals surface area (Å²) in [6.45, 7) is 5.16. The van der Waals surface area contributed by atoms with Gasteiger partial charge in [0.1, 0.15) is 11.3 Å². The number of fused-ring (bicyclic) bond motifs is 1. The van der Waals surface area contributed by atoms with Crippen molar-refractivity contribution < 1.29 is 17.9 Å². The van der Waals surface area contributed by atoms with E-state index in [0.29, 0.717) is 17.4 Å². The molecule has 33 heavy (non-hydrogen) atoms. The lowest BCUT2D eigenvalue weighted by Gasteiger charge is -2.21. The highest BCUT2D eigenvalue weighted by atomic mass is 32.2. The van der Waals surface area contributed by atoms with Gasteiger partial charge in [-0.1, -0.05) is 35.1 Å². The van der Waals surface area contributed by atoms with E-state index in [1.165, 1.54) is 11.3 Å². The van der Waals surface area contributed by atoms with Crippen LogP contribution in [0.15, 0.2) is 41.3 Å². The Hall–Kier alpha value is -2.49. The van der Waals surface area contributed by atoms with E-state index >= 15 is 0 Å².